The molecular weight excluding hydrogens is 395 g/mol. The SMILES string of the molecule is CC(C)(C)C(=O)n1ncc2cc3c(cc(C4CCOCC4)n3-c3ccc(F)cc3)nc21. The van der Waals surface area contributed by atoms with Gasteiger partial charge >= 0.3 is 0 Å². The first kappa shape index (κ1) is 19.9. The van der Waals surface area contributed by atoms with Gasteiger partial charge in [0.05, 0.1) is 17.2 Å². The van der Waals surface area contributed by atoms with Gasteiger partial charge in [-0.25, -0.2) is 9.37 Å². The smallest absolute Gasteiger partial charge is 0.254 e. The highest BCUT2D eigenvalue weighted by Gasteiger charge is 2.27. The Morgan fingerprint density at radius 2 is 1.84 bits per heavy atom. The Bertz CT molecular complexity index is 1280. The fourth-order valence-corrected chi connectivity index (χ4v) is 4.23. The number of fused-ring (bicyclic) bond motifs is 2. The monoisotopic (exact) mass is 420 g/mol. The molecule has 1 aliphatic heterocycles. The van der Waals surface area contributed by atoms with Gasteiger partial charge in [0.25, 0.3) is 5.91 Å². The van der Waals surface area contributed by atoms with E-state index in [0.717, 1.165) is 53.9 Å². The highest BCUT2D eigenvalue weighted by atomic mass is 19.1. The van der Waals surface area contributed by atoms with E-state index in [-0.39, 0.29) is 11.7 Å². The van der Waals surface area contributed by atoms with Gasteiger partial charge in [0, 0.05) is 41.3 Å². The molecule has 1 saturated heterocycles. The van der Waals surface area contributed by atoms with E-state index in [4.69, 9.17) is 9.72 Å². The third-order valence-corrected chi connectivity index (χ3v) is 5.89. The molecule has 0 bridgehead atoms. The minimum atomic E-state index is -0.567. The van der Waals surface area contributed by atoms with Crippen LogP contribution in [0.1, 0.15) is 50.0 Å². The van der Waals surface area contributed by atoms with Crippen molar-refractivity contribution in [1.82, 2.24) is 19.3 Å². The topological polar surface area (TPSA) is 61.9 Å². The summed E-state index contributed by atoms with van der Waals surface area (Å²) >= 11 is 0. The maximum Gasteiger partial charge on any atom is 0.254 e. The summed E-state index contributed by atoms with van der Waals surface area (Å²) in [5, 5.41) is 5.12. The molecule has 0 saturated carbocycles. The van der Waals surface area contributed by atoms with Crippen LogP contribution >= 0.6 is 0 Å². The molecule has 1 aliphatic rings. The molecule has 5 rings (SSSR count). The molecule has 31 heavy (non-hydrogen) atoms. The summed E-state index contributed by atoms with van der Waals surface area (Å²) in [7, 11) is 0. The van der Waals surface area contributed by atoms with Crippen LogP contribution in [0.4, 0.5) is 4.39 Å². The number of rotatable bonds is 2. The minimum Gasteiger partial charge on any atom is -0.381 e. The molecule has 0 unspecified atom stereocenters. The lowest BCUT2D eigenvalue weighted by atomic mass is 9.96. The zero-order valence-corrected chi connectivity index (χ0v) is 17.9. The first-order valence-corrected chi connectivity index (χ1v) is 10.6. The number of hydrogen-bond donors (Lipinski definition) is 0. The molecule has 0 radical (unpaired) electrons. The molecule has 4 aromatic rings. The molecule has 6 nitrogen and oxygen atoms in total. The number of nitrogens with zero attached hydrogens (tertiary/aromatic N) is 4. The van der Waals surface area contributed by atoms with Gasteiger partial charge in [-0.15, -0.1) is 0 Å². The standard InChI is InChI=1S/C24H25FN4O2/c1-24(2,3)23(30)29-22-16(14-26-29)12-21-19(27-22)13-20(15-8-10-31-11-9-15)28(21)18-6-4-17(25)5-7-18/h4-7,12-15H,8-11H2,1-3H3. The number of benzene rings is 1. The highest BCUT2D eigenvalue weighted by molar-refractivity contribution is 5.96. The lowest BCUT2D eigenvalue weighted by Crippen LogP contribution is -2.27. The first-order chi connectivity index (χ1) is 14.8. The molecule has 160 valence electrons. The third-order valence-electron chi connectivity index (χ3n) is 5.89. The van der Waals surface area contributed by atoms with E-state index in [0.29, 0.717) is 11.6 Å². The largest absolute Gasteiger partial charge is 0.381 e. The zero-order valence-electron chi connectivity index (χ0n) is 17.9. The Morgan fingerprint density at radius 3 is 2.52 bits per heavy atom. The number of pyridine rings is 1. The third kappa shape index (κ3) is 3.43. The quantitative estimate of drug-likeness (QED) is 0.453. The summed E-state index contributed by atoms with van der Waals surface area (Å²) in [5.41, 5.74) is 3.72. The van der Waals surface area contributed by atoms with Gasteiger partial charge in [0.15, 0.2) is 5.65 Å². The van der Waals surface area contributed by atoms with Crippen molar-refractivity contribution in [3.63, 3.8) is 0 Å². The van der Waals surface area contributed by atoms with Crippen LogP contribution in [0.15, 0.2) is 42.6 Å². The van der Waals surface area contributed by atoms with E-state index in [2.05, 4.69) is 15.7 Å². The van der Waals surface area contributed by atoms with Gasteiger partial charge in [-0.1, -0.05) is 20.8 Å². The summed E-state index contributed by atoms with van der Waals surface area (Å²) in [4.78, 5) is 17.7. The maximum atomic E-state index is 13.6. The Hall–Kier alpha value is -3.06. The second-order valence-electron chi connectivity index (χ2n) is 9.18. The fourth-order valence-electron chi connectivity index (χ4n) is 4.23. The van der Waals surface area contributed by atoms with Gasteiger partial charge in [-0.2, -0.15) is 9.78 Å². The van der Waals surface area contributed by atoms with E-state index in [1.165, 1.54) is 16.8 Å². The van der Waals surface area contributed by atoms with Crippen LogP contribution in [-0.4, -0.2) is 38.5 Å². The first-order valence-electron chi connectivity index (χ1n) is 10.6. The average molecular weight is 420 g/mol. The van der Waals surface area contributed by atoms with Crippen molar-refractivity contribution in [2.45, 2.75) is 39.5 Å². The van der Waals surface area contributed by atoms with Crippen molar-refractivity contribution in [2.75, 3.05) is 13.2 Å². The van der Waals surface area contributed by atoms with Gasteiger partial charge < -0.3 is 9.30 Å². The Labute approximate surface area is 179 Å². The van der Waals surface area contributed by atoms with Crippen molar-refractivity contribution < 1.29 is 13.9 Å². The van der Waals surface area contributed by atoms with Crippen LogP contribution in [0, 0.1) is 11.2 Å². The van der Waals surface area contributed by atoms with Crippen LogP contribution in [-0.2, 0) is 4.74 Å². The predicted octanol–water partition coefficient (Wildman–Crippen LogP) is 5.09. The minimum absolute atomic E-state index is 0.100. The maximum absolute atomic E-state index is 13.6. The van der Waals surface area contributed by atoms with Gasteiger partial charge in [-0.05, 0) is 49.2 Å². The van der Waals surface area contributed by atoms with E-state index in [1.807, 2.05) is 26.8 Å². The van der Waals surface area contributed by atoms with E-state index in [9.17, 15) is 9.18 Å². The predicted molar refractivity (Wildman–Crippen MR) is 117 cm³/mol. The average Bonchev–Trinajstić information content (AvgIpc) is 3.33. The number of carbonyl (C=O) groups excluding carboxylic acids is 1. The van der Waals surface area contributed by atoms with Crippen LogP contribution < -0.4 is 0 Å². The fraction of sp³-hybridized carbons (Fsp3) is 0.375. The highest BCUT2D eigenvalue weighted by Crippen LogP contribution is 2.35. The molecule has 1 fully saturated rings. The van der Waals surface area contributed by atoms with Crippen molar-refractivity contribution >= 4 is 28.0 Å². The van der Waals surface area contributed by atoms with Gasteiger partial charge in [-0.3, -0.25) is 4.79 Å². The summed E-state index contributed by atoms with van der Waals surface area (Å²) in [6.07, 6.45) is 3.53. The lowest BCUT2D eigenvalue weighted by Gasteiger charge is -2.24. The molecule has 0 N–H and O–H groups in total. The van der Waals surface area contributed by atoms with Crippen molar-refractivity contribution in [3.05, 3.63) is 54.1 Å². The number of halogens is 1. The second kappa shape index (κ2) is 7.27. The Balaban J connectivity index is 1.74. The number of ether oxygens (including phenoxy) is 1. The van der Waals surface area contributed by atoms with E-state index in [1.54, 1.807) is 18.3 Å². The van der Waals surface area contributed by atoms with Crippen LogP contribution in [0.2, 0.25) is 0 Å². The van der Waals surface area contributed by atoms with Crippen LogP contribution in [0.3, 0.4) is 0 Å². The molecular formula is C24H25FN4O2. The molecule has 3 aromatic heterocycles. The summed E-state index contributed by atoms with van der Waals surface area (Å²) in [6.45, 7) is 7.06. The van der Waals surface area contributed by atoms with E-state index >= 15 is 0 Å². The van der Waals surface area contributed by atoms with Gasteiger partial charge in [0.1, 0.15) is 5.82 Å². The number of aromatic nitrogens is 4. The number of carbonyl (C=O) groups is 1. The van der Waals surface area contributed by atoms with Crippen LogP contribution in [0.25, 0.3) is 27.8 Å². The summed E-state index contributed by atoms with van der Waals surface area (Å²) < 4.78 is 22.7. The molecule has 0 aliphatic carbocycles. The Morgan fingerprint density at radius 1 is 1.13 bits per heavy atom. The normalized spacial score (nSPS) is 15.7. The lowest BCUT2D eigenvalue weighted by molar-refractivity contribution is 0.0754. The molecule has 4 heterocycles. The van der Waals surface area contributed by atoms with Crippen molar-refractivity contribution in [1.29, 1.82) is 0 Å². The second-order valence-corrected chi connectivity index (χ2v) is 9.18. The summed E-state index contributed by atoms with van der Waals surface area (Å²) in [6, 6.07) is 10.6. The van der Waals surface area contributed by atoms with Crippen LogP contribution in [0.5, 0.6) is 0 Å². The molecule has 0 atom stereocenters. The Kier molecular flexibility index (Phi) is 4.66. The molecule has 7 heteroatoms. The molecule has 0 amide bonds. The molecule has 1 aromatic carbocycles. The number of hydrogen-bond acceptors (Lipinski definition) is 4. The summed E-state index contributed by atoms with van der Waals surface area (Å²) in [5.74, 6) is -0.0453. The van der Waals surface area contributed by atoms with Crippen molar-refractivity contribution in [2.24, 2.45) is 5.41 Å². The zero-order chi connectivity index (χ0) is 21.8. The van der Waals surface area contributed by atoms with Crippen molar-refractivity contribution in [3.8, 4) is 5.69 Å². The molecule has 0 spiro atoms. The van der Waals surface area contributed by atoms with Gasteiger partial charge in [0.2, 0.25) is 0 Å². The van der Waals surface area contributed by atoms with E-state index < -0.39 is 5.41 Å².